The molecule has 0 bridgehead atoms. The van der Waals surface area contributed by atoms with Crippen molar-refractivity contribution in [2.24, 2.45) is 0 Å². The molecule has 0 unspecified atom stereocenters. The number of nitrogens with one attached hydrogen (secondary N) is 4. The lowest BCUT2D eigenvalue weighted by atomic mass is 9.98. The van der Waals surface area contributed by atoms with Gasteiger partial charge in [-0.1, -0.05) is 64.2 Å². The molecule has 8 N–H and O–H groups in total. The number of methoxy groups -OCH3 is 4. The summed E-state index contributed by atoms with van der Waals surface area (Å²) in [5.74, 6) is -1.90. The van der Waals surface area contributed by atoms with Crippen molar-refractivity contribution in [3.05, 3.63) is 168 Å². The quantitative estimate of drug-likeness (QED) is 0.0329. The number of nitrogens with zero attached hydrogens (tertiary/aromatic N) is 4. The molecule has 4 aliphatic rings. The summed E-state index contributed by atoms with van der Waals surface area (Å²) in [5.41, 5.74) is 0.533. The minimum absolute atomic E-state index is 0.0148. The second-order valence-electron chi connectivity index (χ2n) is 26.6. The first-order valence-electron chi connectivity index (χ1n) is 37.1. The van der Waals surface area contributed by atoms with Crippen LogP contribution in [0.25, 0.3) is 0 Å². The van der Waals surface area contributed by atoms with Gasteiger partial charge in [0.25, 0.3) is 23.6 Å². The van der Waals surface area contributed by atoms with Gasteiger partial charge in [0.15, 0.2) is 68.8 Å². The first kappa shape index (κ1) is 80.9. The normalized spacial score (nSPS) is 15.2. The highest BCUT2D eigenvalue weighted by Crippen LogP contribution is 2.36. The Morgan fingerprint density at radius 3 is 0.778 bits per heavy atom. The maximum absolute atomic E-state index is 14.5. The monoisotopic (exact) mass is 1490 g/mol. The van der Waals surface area contributed by atoms with Crippen LogP contribution in [0.5, 0.6) is 69.0 Å². The second kappa shape index (κ2) is 42.2. The fourth-order valence-corrected chi connectivity index (χ4v) is 12.9. The molecule has 8 aromatic rings. The molecule has 576 valence electrons. The van der Waals surface area contributed by atoms with E-state index in [2.05, 4.69) is 41.2 Å². The summed E-state index contributed by atoms with van der Waals surface area (Å²) in [4.78, 5) is 64.8. The number of benzene rings is 4. The molecule has 4 aliphatic carbocycles. The van der Waals surface area contributed by atoms with Crippen LogP contribution in [0.2, 0.25) is 0 Å². The van der Waals surface area contributed by atoms with E-state index in [4.69, 9.17) is 37.9 Å². The molecular formula is C82H98F2N8O16. The average molecular weight is 1490 g/mol. The van der Waals surface area contributed by atoms with Crippen LogP contribution in [0.3, 0.4) is 0 Å². The molecule has 0 radical (unpaired) electrons. The zero-order valence-corrected chi connectivity index (χ0v) is 61.6. The lowest BCUT2D eigenvalue weighted by Crippen LogP contribution is -2.18. The largest absolute Gasteiger partial charge is 0.503 e. The molecule has 4 amide bonds. The molecule has 4 fully saturated rings. The van der Waals surface area contributed by atoms with Crippen LogP contribution in [0, 0.1) is 11.6 Å². The van der Waals surface area contributed by atoms with Gasteiger partial charge in [0.1, 0.15) is 34.6 Å². The minimum Gasteiger partial charge on any atom is -0.503 e. The van der Waals surface area contributed by atoms with Crippen LogP contribution in [-0.4, -0.2) is 117 Å². The van der Waals surface area contributed by atoms with Gasteiger partial charge in [0, 0.05) is 72.6 Å². The summed E-state index contributed by atoms with van der Waals surface area (Å²) < 4.78 is 72.8. The first-order valence-corrected chi connectivity index (χ1v) is 37.1. The highest BCUT2D eigenvalue weighted by molar-refractivity contribution is 6.07. The van der Waals surface area contributed by atoms with E-state index in [0.717, 1.165) is 88.5 Å². The van der Waals surface area contributed by atoms with Crippen molar-refractivity contribution >= 4 is 46.4 Å². The minimum atomic E-state index is -0.734. The van der Waals surface area contributed by atoms with Crippen molar-refractivity contribution < 1.29 is 86.3 Å². The Bertz CT molecular complexity index is 4180. The first-order chi connectivity index (χ1) is 52.5. The van der Waals surface area contributed by atoms with E-state index in [1.165, 1.54) is 192 Å². The van der Waals surface area contributed by atoms with Gasteiger partial charge in [-0.3, -0.25) is 19.2 Å². The van der Waals surface area contributed by atoms with Crippen LogP contribution in [0.4, 0.5) is 31.5 Å². The number of carbonyl (C=O) groups excluding carboxylic acids is 4. The lowest BCUT2D eigenvalue weighted by molar-refractivity contribution is 0.101. The van der Waals surface area contributed by atoms with E-state index < -0.39 is 46.8 Å². The summed E-state index contributed by atoms with van der Waals surface area (Å²) >= 11 is 0. The van der Waals surface area contributed by atoms with Gasteiger partial charge in [-0.25, -0.2) is 28.7 Å². The maximum Gasteiger partial charge on any atom is 0.278 e. The number of pyridine rings is 4. The molecule has 108 heavy (non-hydrogen) atoms. The summed E-state index contributed by atoms with van der Waals surface area (Å²) in [5, 5.41) is 50.3. The Hall–Kier alpha value is -11.2. The van der Waals surface area contributed by atoms with Crippen LogP contribution in [0.15, 0.2) is 134 Å². The summed E-state index contributed by atoms with van der Waals surface area (Å²) in [6.07, 6.45) is 36.5. The van der Waals surface area contributed by atoms with E-state index >= 15 is 0 Å². The van der Waals surface area contributed by atoms with Crippen LogP contribution >= 0.6 is 0 Å². The molecule has 26 heteroatoms. The van der Waals surface area contributed by atoms with Crippen LogP contribution in [-0.2, 0) is 0 Å². The number of halogens is 2. The van der Waals surface area contributed by atoms with Crippen LogP contribution in [0.1, 0.15) is 209 Å². The number of aromatic hydroxyl groups is 4. The summed E-state index contributed by atoms with van der Waals surface area (Å²) in [6.45, 7) is 0. The Balaban J connectivity index is 0.000000166. The van der Waals surface area contributed by atoms with E-state index in [0.29, 0.717) is 22.9 Å². The van der Waals surface area contributed by atoms with E-state index in [-0.39, 0.29) is 93.1 Å². The Morgan fingerprint density at radius 2 is 0.537 bits per heavy atom. The standard InChI is InChI=1S/C21H25FN2O4.C21H26N2O4.C20H23FN2O4.C20H24N2O4/c1-27-18-11-12-23-19(20(18)25)21(26)24-17-10-9-15(13-16(17)22)28-14-7-5-3-2-4-6-8-14;1-26-18-13-14-22-19(20(18)24)21(25)23-15-9-11-17(12-10-15)27-16-7-5-3-2-4-6-8-16;1-26-17-10-11-22-18(19(17)24)20(25)23-16-9-8-14(12-15(16)21)27-13-6-4-2-3-5-7-13;1-25-17-12-13-21-18(19(17)23)20(24)22-14-8-10-16(11-9-14)26-15-6-4-2-3-5-7-15/h9-14,25H,2-8H2,1H3,(H,24,26);9-14,16,24H,2-8H2,1H3,(H,23,25);8-13,24H,2-7H2,1H3,(H,23,25);8-13,15,23H,2-7H2,1H3,(H,22,24). The molecule has 24 nitrogen and oxygen atoms in total. The molecule has 0 saturated heterocycles. The molecule has 0 atom stereocenters. The number of hydrogen-bond donors (Lipinski definition) is 8. The third-order valence-corrected chi connectivity index (χ3v) is 18.8. The molecule has 4 saturated carbocycles. The predicted molar refractivity (Wildman–Crippen MR) is 405 cm³/mol. The zero-order valence-electron chi connectivity index (χ0n) is 61.6. The number of aromatic nitrogens is 4. The number of amides is 4. The topological polar surface area (TPSA) is 323 Å². The molecule has 0 aliphatic heterocycles. The van der Waals surface area contributed by atoms with Crippen molar-refractivity contribution in [1.29, 1.82) is 0 Å². The molecule has 12 rings (SSSR count). The zero-order chi connectivity index (χ0) is 76.6. The number of hydrogen-bond acceptors (Lipinski definition) is 20. The molecular weight excluding hydrogens is 1390 g/mol. The fraction of sp³-hybridized carbons (Fsp3) is 0.415. The molecule has 0 spiro atoms. The van der Waals surface area contributed by atoms with Crippen molar-refractivity contribution in [2.45, 2.75) is 191 Å². The molecule has 4 aromatic carbocycles. The number of ether oxygens (including phenoxy) is 8. The Labute approximate surface area is 628 Å². The SMILES string of the molecule is COc1ccnc(C(=O)Nc2ccc(OC3CCCCCC3)cc2)c1O.COc1ccnc(C(=O)Nc2ccc(OC3CCCCCC3)cc2F)c1O.COc1ccnc(C(=O)Nc2ccc(OC3CCCCCCC3)cc2)c1O.COc1ccnc(C(=O)Nc2ccc(OC3CCCCCCC3)cc2F)c1O. The second-order valence-corrected chi connectivity index (χ2v) is 26.6. The highest BCUT2D eigenvalue weighted by atomic mass is 19.1. The molecule has 4 aromatic heterocycles. The average Bonchev–Trinajstić information content (AvgIpc) is 0.854. The van der Waals surface area contributed by atoms with Crippen molar-refractivity contribution in [1.82, 2.24) is 19.9 Å². The Morgan fingerprint density at radius 1 is 0.315 bits per heavy atom. The van der Waals surface area contributed by atoms with Gasteiger partial charge in [-0.15, -0.1) is 0 Å². The highest BCUT2D eigenvalue weighted by Gasteiger charge is 2.25. The van der Waals surface area contributed by atoms with E-state index in [1.807, 2.05) is 24.3 Å². The van der Waals surface area contributed by atoms with Gasteiger partial charge in [0.05, 0.1) is 64.2 Å². The van der Waals surface area contributed by atoms with Crippen LogP contribution < -0.4 is 59.2 Å². The fourth-order valence-electron chi connectivity index (χ4n) is 12.9. The van der Waals surface area contributed by atoms with E-state index in [1.54, 1.807) is 36.4 Å². The number of rotatable bonds is 20. The predicted octanol–water partition coefficient (Wildman–Crippen LogP) is 17.7. The van der Waals surface area contributed by atoms with E-state index in [9.17, 15) is 48.4 Å². The summed E-state index contributed by atoms with van der Waals surface area (Å²) in [6, 6.07) is 29.0. The van der Waals surface area contributed by atoms with Gasteiger partial charge in [0.2, 0.25) is 0 Å². The third-order valence-electron chi connectivity index (χ3n) is 18.8. The van der Waals surface area contributed by atoms with Gasteiger partial charge < -0.3 is 79.6 Å². The van der Waals surface area contributed by atoms with Gasteiger partial charge >= 0.3 is 0 Å². The number of carbonyl (C=O) groups is 4. The smallest absolute Gasteiger partial charge is 0.278 e. The van der Waals surface area contributed by atoms with Gasteiger partial charge in [-0.05, 0) is 176 Å². The van der Waals surface area contributed by atoms with Crippen molar-refractivity contribution in [3.63, 3.8) is 0 Å². The van der Waals surface area contributed by atoms with Crippen molar-refractivity contribution in [3.8, 4) is 69.0 Å². The molecule has 4 heterocycles. The Kier molecular flexibility index (Phi) is 31.6. The maximum atomic E-state index is 14.5. The summed E-state index contributed by atoms with van der Waals surface area (Å²) in [7, 11) is 5.57. The van der Waals surface area contributed by atoms with Crippen molar-refractivity contribution in [2.75, 3.05) is 49.7 Å². The lowest BCUT2D eigenvalue weighted by Gasteiger charge is -2.21. The van der Waals surface area contributed by atoms with Gasteiger partial charge in [-0.2, -0.15) is 0 Å². The number of anilines is 4. The third kappa shape index (κ3) is 24.4.